The van der Waals surface area contributed by atoms with Gasteiger partial charge in [-0.25, -0.2) is 13.4 Å². The van der Waals surface area contributed by atoms with Gasteiger partial charge in [0.1, 0.15) is 9.84 Å². The SMILES string of the molecule is CC(CS(C)(=O)=O)Nc1nc2ccc([N+](=O)[O-])cc2[nH]1. The quantitative estimate of drug-likeness (QED) is 0.634. The summed E-state index contributed by atoms with van der Waals surface area (Å²) in [4.78, 5) is 17.3. The molecule has 2 N–H and O–H groups in total. The van der Waals surface area contributed by atoms with Crippen LogP contribution in [0, 0.1) is 10.1 Å². The van der Waals surface area contributed by atoms with Crippen molar-refractivity contribution in [2.24, 2.45) is 0 Å². The van der Waals surface area contributed by atoms with Gasteiger partial charge >= 0.3 is 0 Å². The number of anilines is 1. The van der Waals surface area contributed by atoms with Crippen LogP contribution >= 0.6 is 0 Å². The van der Waals surface area contributed by atoms with Gasteiger partial charge in [-0.15, -0.1) is 0 Å². The van der Waals surface area contributed by atoms with E-state index in [9.17, 15) is 18.5 Å². The summed E-state index contributed by atoms with van der Waals surface area (Å²) in [5.74, 6) is 0.362. The van der Waals surface area contributed by atoms with Crippen molar-refractivity contribution in [2.75, 3.05) is 17.3 Å². The van der Waals surface area contributed by atoms with Crippen LogP contribution in [-0.4, -0.2) is 41.4 Å². The standard InChI is InChI=1S/C11H14N4O4S/c1-7(6-20(2,18)19)12-11-13-9-4-3-8(15(16)17)5-10(9)14-11/h3-5,7H,6H2,1-2H3,(H2,12,13,14). The monoisotopic (exact) mass is 298 g/mol. The Bertz CT molecular complexity index is 753. The highest BCUT2D eigenvalue weighted by molar-refractivity contribution is 7.90. The van der Waals surface area contributed by atoms with E-state index in [1.54, 1.807) is 6.92 Å². The first kappa shape index (κ1) is 14.3. The van der Waals surface area contributed by atoms with Gasteiger partial charge in [-0.2, -0.15) is 0 Å². The number of nitro benzene ring substituents is 1. The van der Waals surface area contributed by atoms with Gasteiger partial charge in [-0.05, 0) is 13.0 Å². The number of benzene rings is 1. The number of hydrogen-bond donors (Lipinski definition) is 2. The van der Waals surface area contributed by atoms with Crippen LogP contribution in [0.1, 0.15) is 6.92 Å². The second-order valence-corrected chi connectivity index (χ2v) is 6.87. The fraction of sp³-hybridized carbons (Fsp3) is 0.364. The molecule has 0 fully saturated rings. The van der Waals surface area contributed by atoms with Crippen LogP contribution < -0.4 is 5.32 Å². The van der Waals surface area contributed by atoms with E-state index in [2.05, 4.69) is 15.3 Å². The third-order valence-electron chi connectivity index (χ3n) is 2.61. The normalized spacial score (nSPS) is 13.3. The summed E-state index contributed by atoms with van der Waals surface area (Å²) < 4.78 is 22.4. The molecule has 1 atom stereocenters. The number of aromatic amines is 1. The van der Waals surface area contributed by atoms with Crippen LogP contribution in [-0.2, 0) is 9.84 Å². The first-order valence-electron chi connectivity index (χ1n) is 5.83. The molecule has 0 spiro atoms. The third kappa shape index (κ3) is 3.44. The summed E-state index contributed by atoms with van der Waals surface area (Å²) in [6.07, 6.45) is 1.16. The molecule has 0 aliphatic rings. The molecule has 1 aromatic carbocycles. The van der Waals surface area contributed by atoms with Gasteiger partial charge in [0, 0.05) is 24.4 Å². The molecule has 0 radical (unpaired) electrons. The molecule has 0 aliphatic heterocycles. The Labute approximate surface area is 115 Å². The van der Waals surface area contributed by atoms with Crippen LogP contribution in [0.5, 0.6) is 0 Å². The average Bonchev–Trinajstić information content (AvgIpc) is 2.66. The highest BCUT2D eigenvalue weighted by atomic mass is 32.2. The van der Waals surface area contributed by atoms with E-state index in [-0.39, 0.29) is 17.5 Å². The first-order valence-corrected chi connectivity index (χ1v) is 7.89. The number of non-ortho nitro benzene ring substituents is 1. The summed E-state index contributed by atoms with van der Waals surface area (Å²) in [5.41, 5.74) is 1.06. The minimum atomic E-state index is -3.08. The number of rotatable bonds is 5. The summed E-state index contributed by atoms with van der Waals surface area (Å²) >= 11 is 0. The average molecular weight is 298 g/mol. The number of sulfone groups is 1. The molecule has 1 unspecified atom stereocenters. The predicted molar refractivity (Wildman–Crippen MR) is 75.5 cm³/mol. The molecular weight excluding hydrogens is 284 g/mol. The van der Waals surface area contributed by atoms with Gasteiger partial charge in [0.15, 0.2) is 0 Å². The summed E-state index contributed by atoms with van der Waals surface area (Å²) in [7, 11) is -3.08. The van der Waals surface area contributed by atoms with Gasteiger partial charge in [0.2, 0.25) is 5.95 Å². The zero-order valence-electron chi connectivity index (χ0n) is 11.0. The van der Waals surface area contributed by atoms with Crippen molar-refractivity contribution in [2.45, 2.75) is 13.0 Å². The maximum Gasteiger partial charge on any atom is 0.271 e. The van der Waals surface area contributed by atoms with E-state index in [0.29, 0.717) is 17.0 Å². The molecule has 0 saturated heterocycles. The van der Waals surface area contributed by atoms with E-state index in [1.165, 1.54) is 18.2 Å². The van der Waals surface area contributed by atoms with E-state index >= 15 is 0 Å². The lowest BCUT2D eigenvalue weighted by molar-refractivity contribution is -0.384. The topological polar surface area (TPSA) is 118 Å². The highest BCUT2D eigenvalue weighted by Crippen LogP contribution is 2.20. The van der Waals surface area contributed by atoms with Gasteiger partial charge in [-0.3, -0.25) is 10.1 Å². The lowest BCUT2D eigenvalue weighted by atomic mass is 10.3. The predicted octanol–water partition coefficient (Wildman–Crippen LogP) is 1.32. The molecule has 9 heteroatoms. The summed E-state index contributed by atoms with van der Waals surface area (Å²) in [5, 5.41) is 13.6. The smallest absolute Gasteiger partial charge is 0.271 e. The van der Waals surface area contributed by atoms with Crippen molar-refractivity contribution >= 4 is 32.5 Å². The number of aromatic nitrogens is 2. The molecule has 0 bridgehead atoms. The second kappa shape index (κ2) is 5.08. The minimum Gasteiger partial charge on any atom is -0.352 e. The molecule has 2 rings (SSSR count). The lowest BCUT2D eigenvalue weighted by Gasteiger charge is -2.10. The lowest BCUT2D eigenvalue weighted by Crippen LogP contribution is -2.25. The van der Waals surface area contributed by atoms with Crippen LogP contribution in [0.2, 0.25) is 0 Å². The number of nitrogens with one attached hydrogen (secondary N) is 2. The third-order valence-corrected chi connectivity index (χ3v) is 3.72. The van der Waals surface area contributed by atoms with Crippen molar-refractivity contribution in [3.63, 3.8) is 0 Å². The van der Waals surface area contributed by atoms with Gasteiger partial charge in [0.05, 0.1) is 21.7 Å². The largest absolute Gasteiger partial charge is 0.352 e. The number of H-pyrrole nitrogens is 1. The van der Waals surface area contributed by atoms with Crippen LogP contribution in [0.4, 0.5) is 11.6 Å². The minimum absolute atomic E-state index is 0.0236. The number of fused-ring (bicyclic) bond motifs is 1. The van der Waals surface area contributed by atoms with E-state index in [0.717, 1.165) is 6.26 Å². The molecule has 108 valence electrons. The molecule has 8 nitrogen and oxygen atoms in total. The Kier molecular flexibility index (Phi) is 3.62. The number of nitro groups is 1. The van der Waals surface area contributed by atoms with Crippen molar-refractivity contribution in [1.82, 2.24) is 9.97 Å². The molecule has 1 heterocycles. The maximum absolute atomic E-state index is 11.2. The Morgan fingerprint density at radius 2 is 2.20 bits per heavy atom. The summed E-state index contributed by atoms with van der Waals surface area (Å²) in [6, 6.07) is 3.97. The van der Waals surface area contributed by atoms with Crippen LogP contribution in [0.25, 0.3) is 11.0 Å². The van der Waals surface area contributed by atoms with Gasteiger partial charge in [-0.1, -0.05) is 0 Å². The van der Waals surface area contributed by atoms with E-state index in [1.807, 2.05) is 0 Å². The fourth-order valence-corrected chi connectivity index (χ4v) is 2.90. The zero-order valence-corrected chi connectivity index (χ0v) is 11.8. The zero-order chi connectivity index (χ0) is 14.9. The van der Waals surface area contributed by atoms with E-state index < -0.39 is 14.8 Å². The van der Waals surface area contributed by atoms with Crippen molar-refractivity contribution < 1.29 is 13.3 Å². The van der Waals surface area contributed by atoms with Crippen LogP contribution in [0.15, 0.2) is 18.2 Å². The molecule has 1 aromatic heterocycles. The highest BCUT2D eigenvalue weighted by Gasteiger charge is 2.13. The Hall–Kier alpha value is -2.16. The van der Waals surface area contributed by atoms with Crippen molar-refractivity contribution in [3.05, 3.63) is 28.3 Å². The molecule has 2 aromatic rings. The second-order valence-electron chi connectivity index (χ2n) is 4.68. The number of nitrogens with zero attached hydrogens (tertiary/aromatic N) is 2. The number of hydrogen-bond acceptors (Lipinski definition) is 6. The Morgan fingerprint density at radius 1 is 1.50 bits per heavy atom. The molecular formula is C11H14N4O4S. The summed E-state index contributed by atoms with van der Waals surface area (Å²) in [6.45, 7) is 1.72. The van der Waals surface area contributed by atoms with Crippen molar-refractivity contribution in [3.8, 4) is 0 Å². The van der Waals surface area contributed by atoms with Gasteiger partial charge in [0.25, 0.3) is 5.69 Å². The Morgan fingerprint density at radius 3 is 2.80 bits per heavy atom. The molecule has 0 aliphatic carbocycles. The molecule has 20 heavy (non-hydrogen) atoms. The Balaban J connectivity index is 2.21. The first-order chi connectivity index (χ1) is 9.24. The van der Waals surface area contributed by atoms with E-state index in [4.69, 9.17) is 0 Å². The molecule has 0 amide bonds. The van der Waals surface area contributed by atoms with Crippen molar-refractivity contribution in [1.29, 1.82) is 0 Å². The maximum atomic E-state index is 11.2. The molecule has 0 saturated carbocycles. The van der Waals surface area contributed by atoms with Crippen LogP contribution in [0.3, 0.4) is 0 Å². The number of imidazole rings is 1. The fourth-order valence-electron chi connectivity index (χ4n) is 1.91. The van der Waals surface area contributed by atoms with Gasteiger partial charge < -0.3 is 10.3 Å².